The molecule has 0 heterocycles. The van der Waals surface area contributed by atoms with Crippen LogP contribution in [-0.4, -0.2) is 32.9 Å². The summed E-state index contributed by atoms with van der Waals surface area (Å²) in [6.45, 7) is 5.95. The van der Waals surface area contributed by atoms with E-state index in [9.17, 15) is 4.79 Å². The van der Waals surface area contributed by atoms with Gasteiger partial charge in [0.05, 0.1) is 24.7 Å². The maximum absolute atomic E-state index is 12.2. The van der Waals surface area contributed by atoms with Gasteiger partial charge in [-0.1, -0.05) is 50.8 Å². The number of ether oxygens (including phenoxy) is 3. The Balaban J connectivity index is 2.52. The summed E-state index contributed by atoms with van der Waals surface area (Å²) in [5.74, 6) is 0.820. The van der Waals surface area contributed by atoms with Gasteiger partial charge >= 0.3 is 5.97 Å². The summed E-state index contributed by atoms with van der Waals surface area (Å²) in [5, 5.41) is 0.285. The lowest BCUT2D eigenvalue weighted by Gasteiger charge is -2.17. The number of hydrogen-bond acceptors (Lipinski definition) is 5. The molecule has 0 fully saturated rings. The zero-order chi connectivity index (χ0) is 20.1. The highest BCUT2D eigenvalue weighted by Gasteiger charge is 2.17. The van der Waals surface area contributed by atoms with Gasteiger partial charge in [0.1, 0.15) is 5.75 Å². The molecule has 4 nitrogen and oxygen atoms in total. The molecule has 6 heteroatoms. The third-order valence-corrected chi connectivity index (χ3v) is 5.27. The van der Waals surface area contributed by atoms with E-state index in [1.54, 1.807) is 13.2 Å². The standard InChI is InChI=1S/C21H33ClO4S/c1-4-6-8-16(5-2)15-26-21(23)14-20(27)17-9-10-18(22)19(13-17)25-12-7-11-24-3/h9-10,13,16,20,27H,4-8,11-12,14-15H2,1-3H3. The Morgan fingerprint density at radius 2 is 2.00 bits per heavy atom. The van der Waals surface area contributed by atoms with E-state index in [0.29, 0.717) is 36.5 Å². The summed E-state index contributed by atoms with van der Waals surface area (Å²) in [6.07, 6.45) is 5.46. The monoisotopic (exact) mass is 416 g/mol. The average molecular weight is 417 g/mol. The number of carbonyl (C=O) groups is 1. The van der Waals surface area contributed by atoms with Gasteiger partial charge in [-0.25, -0.2) is 0 Å². The minimum absolute atomic E-state index is 0.220. The van der Waals surface area contributed by atoms with Crippen LogP contribution in [0.25, 0.3) is 0 Å². The van der Waals surface area contributed by atoms with Crippen LogP contribution in [-0.2, 0) is 14.3 Å². The molecule has 0 N–H and O–H groups in total. The van der Waals surface area contributed by atoms with Crippen LogP contribution in [0.5, 0.6) is 5.75 Å². The zero-order valence-corrected chi connectivity index (χ0v) is 18.4. The predicted molar refractivity (Wildman–Crippen MR) is 114 cm³/mol. The third-order valence-electron chi connectivity index (χ3n) is 4.47. The fourth-order valence-electron chi connectivity index (χ4n) is 2.67. The molecule has 1 aromatic rings. The number of rotatable bonds is 14. The smallest absolute Gasteiger partial charge is 0.307 e. The molecule has 2 unspecified atom stereocenters. The van der Waals surface area contributed by atoms with Crippen LogP contribution in [0.2, 0.25) is 5.02 Å². The quantitative estimate of drug-likeness (QED) is 0.234. The van der Waals surface area contributed by atoms with E-state index in [1.807, 2.05) is 12.1 Å². The van der Waals surface area contributed by atoms with Crippen LogP contribution >= 0.6 is 24.2 Å². The fourth-order valence-corrected chi connectivity index (χ4v) is 3.15. The number of halogens is 1. The van der Waals surface area contributed by atoms with E-state index in [4.69, 9.17) is 25.8 Å². The van der Waals surface area contributed by atoms with E-state index >= 15 is 0 Å². The number of thiol groups is 1. The van der Waals surface area contributed by atoms with Gasteiger partial charge < -0.3 is 14.2 Å². The van der Waals surface area contributed by atoms with Crippen molar-refractivity contribution in [3.05, 3.63) is 28.8 Å². The Labute approximate surface area is 174 Å². The Bertz CT molecular complexity index is 553. The first-order valence-corrected chi connectivity index (χ1v) is 10.7. The molecular formula is C21H33ClO4S. The summed E-state index contributed by atoms with van der Waals surface area (Å²) in [6, 6.07) is 5.48. The van der Waals surface area contributed by atoms with Crippen molar-refractivity contribution in [3.8, 4) is 5.75 Å². The number of carbonyl (C=O) groups excluding carboxylic acids is 1. The normalized spacial score (nSPS) is 13.2. The van der Waals surface area contributed by atoms with Crippen molar-refractivity contribution in [2.24, 2.45) is 5.92 Å². The summed E-state index contributed by atoms with van der Waals surface area (Å²) in [5.41, 5.74) is 0.888. The third kappa shape index (κ3) is 9.72. The lowest BCUT2D eigenvalue weighted by Crippen LogP contribution is -2.15. The van der Waals surface area contributed by atoms with Gasteiger partial charge in [-0.3, -0.25) is 4.79 Å². The van der Waals surface area contributed by atoms with Crippen molar-refractivity contribution in [2.75, 3.05) is 26.9 Å². The Morgan fingerprint density at radius 1 is 1.22 bits per heavy atom. The molecule has 0 saturated carbocycles. The van der Waals surface area contributed by atoms with Crippen LogP contribution in [0.15, 0.2) is 18.2 Å². The number of hydrogen-bond donors (Lipinski definition) is 1. The van der Waals surface area contributed by atoms with Gasteiger partial charge in [0, 0.05) is 25.4 Å². The zero-order valence-electron chi connectivity index (χ0n) is 16.7. The first-order valence-electron chi connectivity index (χ1n) is 9.76. The summed E-state index contributed by atoms with van der Waals surface area (Å²) in [4.78, 5) is 12.2. The molecule has 0 aliphatic rings. The summed E-state index contributed by atoms with van der Waals surface area (Å²) < 4.78 is 16.2. The van der Waals surface area contributed by atoms with Crippen molar-refractivity contribution in [1.29, 1.82) is 0 Å². The second-order valence-electron chi connectivity index (χ2n) is 6.70. The number of benzene rings is 1. The van der Waals surface area contributed by atoms with Crippen LogP contribution < -0.4 is 4.74 Å². The molecule has 154 valence electrons. The summed E-state index contributed by atoms with van der Waals surface area (Å²) in [7, 11) is 1.66. The van der Waals surface area contributed by atoms with Gasteiger partial charge in [-0.15, -0.1) is 0 Å². The molecule has 0 aliphatic carbocycles. The molecule has 2 atom stereocenters. The van der Waals surface area contributed by atoms with Gasteiger partial charge in [0.25, 0.3) is 0 Å². The highest BCUT2D eigenvalue weighted by atomic mass is 35.5. The van der Waals surface area contributed by atoms with Crippen LogP contribution in [0, 0.1) is 5.92 Å². The molecule has 27 heavy (non-hydrogen) atoms. The maximum atomic E-state index is 12.2. The van der Waals surface area contributed by atoms with E-state index in [-0.39, 0.29) is 17.6 Å². The molecule has 0 bridgehead atoms. The van der Waals surface area contributed by atoms with Crippen molar-refractivity contribution >= 4 is 30.2 Å². The SMILES string of the molecule is CCCCC(CC)COC(=O)CC(S)c1ccc(Cl)c(OCCCOC)c1. The largest absolute Gasteiger partial charge is 0.492 e. The molecule has 0 amide bonds. The van der Waals surface area contributed by atoms with Gasteiger partial charge in [-0.05, 0) is 30.0 Å². The maximum Gasteiger partial charge on any atom is 0.307 e. The highest BCUT2D eigenvalue weighted by molar-refractivity contribution is 7.80. The topological polar surface area (TPSA) is 44.8 Å². The lowest BCUT2D eigenvalue weighted by molar-refractivity contribution is -0.145. The van der Waals surface area contributed by atoms with Crippen LogP contribution in [0.1, 0.15) is 63.2 Å². The minimum atomic E-state index is -0.258. The van der Waals surface area contributed by atoms with Crippen molar-refractivity contribution in [1.82, 2.24) is 0 Å². The van der Waals surface area contributed by atoms with Crippen molar-refractivity contribution in [3.63, 3.8) is 0 Å². The van der Waals surface area contributed by atoms with E-state index in [0.717, 1.165) is 31.2 Å². The summed E-state index contributed by atoms with van der Waals surface area (Å²) >= 11 is 10.8. The first kappa shape index (κ1) is 24.1. The number of unbranched alkanes of at least 4 members (excludes halogenated alkanes) is 1. The van der Waals surface area contributed by atoms with Crippen LogP contribution in [0.4, 0.5) is 0 Å². The molecule has 1 rings (SSSR count). The molecule has 0 saturated heterocycles. The molecule has 0 aliphatic heterocycles. The van der Waals surface area contributed by atoms with Crippen LogP contribution in [0.3, 0.4) is 0 Å². The highest BCUT2D eigenvalue weighted by Crippen LogP contribution is 2.32. The van der Waals surface area contributed by atoms with Gasteiger partial charge in [0.15, 0.2) is 0 Å². The number of esters is 1. The Morgan fingerprint density at radius 3 is 2.67 bits per heavy atom. The first-order chi connectivity index (χ1) is 13.0. The van der Waals surface area contributed by atoms with Crippen molar-refractivity contribution in [2.45, 2.75) is 57.6 Å². The second-order valence-corrected chi connectivity index (χ2v) is 7.73. The van der Waals surface area contributed by atoms with Crippen molar-refractivity contribution < 1.29 is 19.0 Å². The Kier molecular flexibility index (Phi) is 12.6. The molecular weight excluding hydrogens is 384 g/mol. The molecule has 0 radical (unpaired) electrons. The van der Waals surface area contributed by atoms with E-state index in [1.165, 1.54) is 6.42 Å². The molecule has 0 spiro atoms. The molecule has 1 aromatic carbocycles. The lowest BCUT2D eigenvalue weighted by atomic mass is 10.0. The average Bonchev–Trinajstić information content (AvgIpc) is 2.66. The van der Waals surface area contributed by atoms with Gasteiger partial charge in [-0.2, -0.15) is 12.6 Å². The van der Waals surface area contributed by atoms with Gasteiger partial charge in [0.2, 0.25) is 0 Å². The fraction of sp³-hybridized carbons (Fsp3) is 0.667. The second kappa shape index (κ2) is 14.1. The Hall–Kier alpha value is -0.910. The molecule has 0 aromatic heterocycles. The number of methoxy groups -OCH3 is 1. The van der Waals surface area contributed by atoms with E-state index < -0.39 is 0 Å². The van der Waals surface area contributed by atoms with E-state index in [2.05, 4.69) is 26.5 Å². The minimum Gasteiger partial charge on any atom is -0.492 e. The predicted octanol–water partition coefficient (Wildman–Crippen LogP) is 5.88.